The molecule has 0 radical (unpaired) electrons. The van der Waals surface area contributed by atoms with E-state index in [2.05, 4.69) is 42.2 Å². The van der Waals surface area contributed by atoms with Gasteiger partial charge in [-0.05, 0) is 41.5 Å². The molecular formula is C20H15NO2. The number of benzene rings is 3. The minimum Gasteiger partial charge on any atom is -0.478 e. The Labute approximate surface area is 133 Å². The maximum atomic E-state index is 11.1. The highest BCUT2D eigenvalue weighted by Gasteiger charge is 2.11. The molecule has 4 rings (SSSR count). The maximum Gasteiger partial charge on any atom is 0.335 e. The third-order valence-electron chi connectivity index (χ3n) is 4.28. The number of aromatic amines is 1. The minimum atomic E-state index is -0.913. The van der Waals surface area contributed by atoms with Crippen LogP contribution in [0.1, 0.15) is 15.9 Å². The number of aromatic carboxylic acids is 1. The predicted molar refractivity (Wildman–Crippen MR) is 92.9 cm³/mol. The van der Waals surface area contributed by atoms with Crippen molar-refractivity contribution >= 4 is 27.6 Å². The fourth-order valence-corrected chi connectivity index (χ4v) is 3.13. The largest absolute Gasteiger partial charge is 0.478 e. The fraction of sp³-hybridized carbons (Fsp3) is 0.0500. The highest BCUT2D eigenvalue weighted by atomic mass is 16.4. The van der Waals surface area contributed by atoms with E-state index in [-0.39, 0.29) is 0 Å². The highest BCUT2D eigenvalue weighted by molar-refractivity contribution is 6.01. The normalized spacial score (nSPS) is 11.2. The summed E-state index contributed by atoms with van der Waals surface area (Å²) in [6.07, 6.45) is 0. The zero-order chi connectivity index (χ0) is 16.0. The van der Waals surface area contributed by atoms with Crippen molar-refractivity contribution in [1.82, 2.24) is 4.98 Å². The fourth-order valence-electron chi connectivity index (χ4n) is 3.13. The second-order valence-corrected chi connectivity index (χ2v) is 5.77. The molecule has 4 aromatic rings. The van der Waals surface area contributed by atoms with E-state index >= 15 is 0 Å². The molecule has 3 nitrogen and oxygen atoms in total. The summed E-state index contributed by atoms with van der Waals surface area (Å²) in [6.45, 7) is 2.09. The van der Waals surface area contributed by atoms with Gasteiger partial charge in [0.05, 0.1) is 5.56 Å². The van der Waals surface area contributed by atoms with Crippen molar-refractivity contribution in [3.63, 3.8) is 0 Å². The first kappa shape index (κ1) is 13.6. The number of aromatic nitrogens is 1. The third kappa shape index (κ3) is 2.18. The number of carboxylic acids is 1. The van der Waals surface area contributed by atoms with Crippen LogP contribution in [0.2, 0.25) is 0 Å². The Morgan fingerprint density at radius 2 is 1.74 bits per heavy atom. The van der Waals surface area contributed by atoms with Gasteiger partial charge in [0.25, 0.3) is 0 Å². The number of nitrogens with one attached hydrogen (secondary N) is 1. The Balaban J connectivity index is 1.99. The summed E-state index contributed by atoms with van der Waals surface area (Å²) >= 11 is 0. The maximum absolute atomic E-state index is 11.1. The van der Waals surface area contributed by atoms with Crippen LogP contribution in [0.4, 0.5) is 0 Å². The molecule has 0 aliphatic carbocycles. The van der Waals surface area contributed by atoms with Crippen molar-refractivity contribution < 1.29 is 9.90 Å². The number of hydrogen-bond acceptors (Lipinski definition) is 1. The van der Waals surface area contributed by atoms with Crippen LogP contribution in [0.3, 0.4) is 0 Å². The Hall–Kier alpha value is -3.07. The van der Waals surface area contributed by atoms with E-state index in [0.29, 0.717) is 5.56 Å². The summed E-state index contributed by atoms with van der Waals surface area (Å²) in [7, 11) is 0. The lowest BCUT2D eigenvalue weighted by molar-refractivity contribution is 0.0697. The number of rotatable bonds is 2. The molecule has 0 bridgehead atoms. The lowest BCUT2D eigenvalue weighted by Gasteiger charge is -2.08. The molecule has 3 aromatic carbocycles. The van der Waals surface area contributed by atoms with Gasteiger partial charge in [-0.1, -0.05) is 42.5 Å². The first-order valence-electron chi connectivity index (χ1n) is 7.48. The summed E-state index contributed by atoms with van der Waals surface area (Å²) in [5.74, 6) is -0.913. The molecule has 0 aliphatic rings. The Morgan fingerprint density at radius 1 is 0.957 bits per heavy atom. The number of carbonyl (C=O) groups is 1. The van der Waals surface area contributed by atoms with Crippen LogP contribution in [0.5, 0.6) is 0 Å². The molecule has 23 heavy (non-hydrogen) atoms. The van der Waals surface area contributed by atoms with Crippen LogP contribution in [0, 0.1) is 6.92 Å². The molecule has 2 N–H and O–H groups in total. The number of H-pyrrole nitrogens is 1. The van der Waals surface area contributed by atoms with Crippen molar-refractivity contribution in [1.29, 1.82) is 0 Å². The molecule has 0 atom stereocenters. The first-order chi connectivity index (χ1) is 11.1. The van der Waals surface area contributed by atoms with Gasteiger partial charge in [0.15, 0.2) is 0 Å². The van der Waals surface area contributed by atoms with E-state index in [9.17, 15) is 4.79 Å². The summed E-state index contributed by atoms with van der Waals surface area (Å²) in [5.41, 5.74) is 4.49. The van der Waals surface area contributed by atoms with Crippen LogP contribution in [-0.4, -0.2) is 16.1 Å². The van der Waals surface area contributed by atoms with E-state index in [1.54, 1.807) is 12.1 Å². The smallest absolute Gasteiger partial charge is 0.335 e. The van der Waals surface area contributed by atoms with Gasteiger partial charge >= 0.3 is 5.97 Å². The van der Waals surface area contributed by atoms with E-state index in [1.807, 2.05) is 18.2 Å². The quantitative estimate of drug-likeness (QED) is 0.547. The summed E-state index contributed by atoms with van der Waals surface area (Å²) in [5, 5.41) is 12.5. The minimum absolute atomic E-state index is 0.292. The van der Waals surface area contributed by atoms with Crippen LogP contribution in [0.25, 0.3) is 32.9 Å². The molecular weight excluding hydrogens is 286 g/mol. The van der Waals surface area contributed by atoms with E-state index in [4.69, 9.17) is 5.11 Å². The molecule has 3 heteroatoms. The summed E-state index contributed by atoms with van der Waals surface area (Å²) < 4.78 is 0. The topological polar surface area (TPSA) is 53.1 Å². The van der Waals surface area contributed by atoms with Crippen molar-refractivity contribution in [2.24, 2.45) is 0 Å². The Morgan fingerprint density at radius 3 is 2.57 bits per heavy atom. The molecule has 0 aliphatic heterocycles. The average molecular weight is 301 g/mol. The first-order valence-corrected chi connectivity index (χ1v) is 7.48. The van der Waals surface area contributed by atoms with Crippen molar-refractivity contribution in [3.8, 4) is 11.3 Å². The number of fused-ring (bicyclic) bond motifs is 2. The molecule has 0 saturated carbocycles. The van der Waals surface area contributed by atoms with Gasteiger partial charge in [0.2, 0.25) is 0 Å². The van der Waals surface area contributed by atoms with Crippen LogP contribution in [-0.2, 0) is 0 Å². The molecule has 0 amide bonds. The van der Waals surface area contributed by atoms with Gasteiger partial charge in [-0.3, -0.25) is 0 Å². The van der Waals surface area contributed by atoms with Crippen molar-refractivity contribution in [3.05, 3.63) is 71.8 Å². The van der Waals surface area contributed by atoms with Crippen molar-refractivity contribution in [2.45, 2.75) is 6.92 Å². The van der Waals surface area contributed by atoms with E-state index in [1.165, 1.54) is 16.3 Å². The van der Waals surface area contributed by atoms with E-state index in [0.717, 1.165) is 22.2 Å². The Bertz CT molecular complexity index is 1060. The molecule has 0 fully saturated rings. The van der Waals surface area contributed by atoms with Gasteiger partial charge in [-0.2, -0.15) is 0 Å². The van der Waals surface area contributed by atoms with Crippen LogP contribution >= 0.6 is 0 Å². The molecule has 0 unspecified atom stereocenters. The predicted octanol–water partition coefficient (Wildman–Crippen LogP) is 4.99. The lowest BCUT2D eigenvalue weighted by Crippen LogP contribution is -1.94. The monoisotopic (exact) mass is 301 g/mol. The van der Waals surface area contributed by atoms with Crippen LogP contribution in [0.15, 0.2) is 60.7 Å². The molecule has 1 heterocycles. The molecule has 112 valence electrons. The van der Waals surface area contributed by atoms with E-state index < -0.39 is 5.97 Å². The highest BCUT2D eigenvalue weighted by Crippen LogP contribution is 2.33. The number of aryl methyl sites for hydroxylation is 1. The van der Waals surface area contributed by atoms with Gasteiger partial charge in [-0.25, -0.2) is 4.79 Å². The second kappa shape index (κ2) is 4.99. The molecule has 1 aromatic heterocycles. The Kier molecular flexibility index (Phi) is 2.95. The molecule has 0 saturated heterocycles. The summed E-state index contributed by atoms with van der Waals surface area (Å²) in [6, 6.07) is 19.8. The third-order valence-corrected chi connectivity index (χ3v) is 4.28. The van der Waals surface area contributed by atoms with Gasteiger partial charge < -0.3 is 10.1 Å². The number of carboxylic acid groups (broad SMARTS) is 1. The standard InChI is InChI=1S/C20H15NO2/c1-12-6-7-13-4-2-3-5-16(13)19(12)18-10-14-8-9-15(20(22)23)11-17(14)21-18/h2-11,21H,1H3,(H,22,23). The van der Waals surface area contributed by atoms with Gasteiger partial charge in [0, 0.05) is 22.2 Å². The SMILES string of the molecule is Cc1ccc2ccccc2c1-c1cc2ccc(C(=O)O)cc2[nH]1. The molecule has 0 spiro atoms. The summed E-state index contributed by atoms with van der Waals surface area (Å²) in [4.78, 5) is 14.5. The zero-order valence-electron chi connectivity index (χ0n) is 12.6. The van der Waals surface area contributed by atoms with Crippen LogP contribution < -0.4 is 0 Å². The van der Waals surface area contributed by atoms with Gasteiger partial charge in [-0.15, -0.1) is 0 Å². The zero-order valence-corrected chi connectivity index (χ0v) is 12.6. The average Bonchev–Trinajstić information content (AvgIpc) is 2.97. The van der Waals surface area contributed by atoms with Gasteiger partial charge in [0.1, 0.15) is 0 Å². The second-order valence-electron chi connectivity index (χ2n) is 5.77. The van der Waals surface area contributed by atoms with Crippen molar-refractivity contribution in [2.75, 3.05) is 0 Å². The lowest BCUT2D eigenvalue weighted by atomic mass is 9.97. The number of hydrogen-bond donors (Lipinski definition) is 2.